The maximum Gasteiger partial charge on any atom is 0.221 e. The zero-order valence-corrected chi connectivity index (χ0v) is 17.2. The van der Waals surface area contributed by atoms with E-state index in [0.717, 1.165) is 37.5 Å². The second-order valence-corrected chi connectivity index (χ2v) is 8.92. The highest BCUT2D eigenvalue weighted by molar-refractivity contribution is 7.88. The molecule has 1 aromatic carbocycles. The molecule has 27 heavy (non-hydrogen) atoms. The molecule has 152 valence electrons. The van der Waals surface area contributed by atoms with Crippen LogP contribution in [0.3, 0.4) is 0 Å². The SMILES string of the molecule is COc1ccc(CN(CCC(=O)NC2CCCCC2)S(C)(=O)=O)cc1OC. The van der Waals surface area contributed by atoms with Crippen molar-refractivity contribution in [3.63, 3.8) is 0 Å². The van der Waals surface area contributed by atoms with Crippen molar-refractivity contribution in [2.24, 2.45) is 0 Å². The monoisotopic (exact) mass is 398 g/mol. The fraction of sp³-hybridized carbons (Fsp3) is 0.632. The number of benzene rings is 1. The van der Waals surface area contributed by atoms with E-state index in [9.17, 15) is 13.2 Å². The van der Waals surface area contributed by atoms with E-state index in [4.69, 9.17) is 9.47 Å². The lowest BCUT2D eigenvalue weighted by Crippen LogP contribution is -2.39. The molecule has 1 aliphatic carbocycles. The maximum atomic E-state index is 12.2. The quantitative estimate of drug-likeness (QED) is 0.690. The van der Waals surface area contributed by atoms with Gasteiger partial charge in [0.1, 0.15) is 0 Å². The van der Waals surface area contributed by atoms with Crippen molar-refractivity contribution in [2.75, 3.05) is 27.0 Å². The topological polar surface area (TPSA) is 84.9 Å². The fourth-order valence-corrected chi connectivity index (χ4v) is 4.12. The normalized spacial score (nSPS) is 15.6. The van der Waals surface area contributed by atoms with Gasteiger partial charge in [0.25, 0.3) is 0 Å². The minimum Gasteiger partial charge on any atom is -0.493 e. The molecule has 8 heteroatoms. The summed E-state index contributed by atoms with van der Waals surface area (Å²) in [5.74, 6) is 1.03. The molecular formula is C19H30N2O5S. The molecule has 1 saturated carbocycles. The minimum atomic E-state index is -3.45. The van der Waals surface area contributed by atoms with Gasteiger partial charge >= 0.3 is 0 Å². The number of sulfonamides is 1. The summed E-state index contributed by atoms with van der Waals surface area (Å²) in [6.07, 6.45) is 6.82. The Morgan fingerprint density at radius 2 is 1.81 bits per heavy atom. The van der Waals surface area contributed by atoms with Gasteiger partial charge in [0.2, 0.25) is 15.9 Å². The Balaban J connectivity index is 1.98. The van der Waals surface area contributed by atoms with E-state index in [1.807, 2.05) is 0 Å². The van der Waals surface area contributed by atoms with E-state index in [0.29, 0.717) is 11.5 Å². The number of nitrogens with one attached hydrogen (secondary N) is 1. The predicted molar refractivity (Wildman–Crippen MR) is 104 cm³/mol. The van der Waals surface area contributed by atoms with Crippen LogP contribution in [0.15, 0.2) is 18.2 Å². The number of hydrogen-bond donors (Lipinski definition) is 1. The standard InChI is InChI=1S/C19H30N2O5S/c1-25-17-10-9-15(13-18(17)26-2)14-21(27(3,23)24)12-11-19(22)20-16-7-5-4-6-8-16/h9-10,13,16H,4-8,11-12,14H2,1-3H3,(H,20,22). The summed E-state index contributed by atoms with van der Waals surface area (Å²) in [4.78, 5) is 12.2. The Morgan fingerprint density at radius 3 is 2.41 bits per heavy atom. The Labute approximate surface area is 162 Å². The molecular weight excluding hydrogens is 368 g/mol. The zero-order valence-electron chi connectivity index (χ0n) is 16.4. The van der Waals surface area contributed by atoms with Crippen LogP contribution in [0.25, 0.3) is 0 Å². The first-order valence-electron chi connectivity index (χ1n) is 9.29. The Kier molecular flexibility index (Phi) is 7.91. The van der Waals surface area contributed by atoms with Gasteiger partial charge < -0.3 is 14.8 Å². The lowest BCUT2D eigenvalue weighted by Gasteiger charge is -2.24. The molecule has 1 amide bonds. The molecule has 1 aromatic rings. The third-order valence-corrected chi connectivity index (χ3v) is 6.08. The molecule has 1 fully saturated rings. The van der Waals surface area contributed by atoms with Crippen molar-refractivity contribution in [1.29, 1.82) is 0 Å². The van der Waals surface area contributed by atoms with E-state index >= 15 is 0 Å². The highest BCUT2D eigenvalue weighted by Gasteiger charge is 2.21. The van der Waals surface area contributed by atoms with Gasteiger partial charge in [-0.05, 0) is 30.5 Å². The van der Waals surface area contributed by atoms with Crippen LogP contribution in [0.1, 0.15) is 44.1 Å². The van der Waals surface area contributed by atoms with E-state index in [1.165, 1.54) is 17.8 Å². The zero-order chi connectivity index (χ0) is 19.9. The summed E-state index contributed by atoms with van der Waals surface area (Å²) in [6, 6.07) is 5.51. The molecule has 0 atom stereocenters. The van der Waals surface area contributed by atoms with Crippen LogP contribution in [0, 0.1) is 0 Å². The molecule has 0 heterocycles. The van der Waals surface area contributed by atoms with Crippen LogP contribution in [-0.4, -0.2) is 51.7 Å². The number of ether oxygens (including phenoxy) is 2. The summed E-state index contributed by atoms with van der Waals surface area (Å²) >= 11 is 0. The first-order chi connectivity index (χ1) is 12.8. The Bertz CT molecular complexity index is 730. The van der Waals surface area contributed by atoms with Gasteiger partial charge in [0.05, 0.1) is 20.5 Å². The number of methoxy groups -OCH3 is 2. The molecule has 1 aliphatic rings. The van der Waals surface area contributed by atoms with E-state index in [-0.39, 0.29) is 31.5 Å². The van der Waals surface area contributed by atoms with Gasteiger partial charge in [-0.1, -0.05) is 25.3 Å². The molecule has 0 spiro atoms. The highest BCUT2D eigenvalue weighted by Crippen LogP contribution is 2.28. The molecule has 0 bridgehead atoms. The van der Waals surface area contributed by atoms with Gasteiger partial charge in [-0.2, -0.15) is 4.31 Å². The molecule has 0 saturated heterocycles. The number of hydrogen-bond acceptors (Lipinski definition) is 5. The number of carbonyl (C=O) groups is 1. The van der Waals surface area contributed by atoms with Crippen LogP contribution >= 0.6 is 0 Å². The van der Waals surface area contributed by atoms with Crippen molar-refractivity contribution < 1.29 is 22.7 Å². The summed E-state index contributed by atoms with van der Waals surface area (Å²) in [5.41, 5.74) is 0.769. The molecule has 0 radical (unpaired) electrons. The van der Waals surface area contributed by atoms with Crippen LogP contribution in [0.4, 0.5) is 0 Å². The second kappa shape index (κ2) is 9.94. The number of amides is 1. The molecule has 7 nitrogen and oxygen atoms in total. The van der Waals surface area contributed by atoms with Crippen LogP contribution in [0.2, 0.25) is 0 Å². The van der Waals surface area contributed by atoms with Gasteiger partial charge in [-0.3, -0.25) is 4.79 Å². The van der Waals surface area contributed by atoms with Crippen LogP contribution in [0.5, 0.6) is 11.5 Å². The lowest BCUT2D eigenvalue weighted by molar-refractivity contribution is -0.122. The van der Waals surface area contributed by atoms with Crippen molar-refractivity contribution in [3.8, 4) is 11.5 Å². The molecule has 0 aliphatic heterocycles. The van der Waals surface area contributed by atoms with Gasteiger partial charge in [0.15, 0.2) is 11.5 Å². The highest BCUT2D eigenvalue weighted by atomic mass is 32.2. The average molecular weight is 399 g/mol. The third-order valence-electron chi connectivity index (χ3n) is 4.83. The largest absolute Gasteiger partial charge is 0.493 e. The second-order valence-electron chi connectivity index (χ2n) is 6.94. The number of nitrogens with zero attached hydrogens (tertiary/aromatic N) is 1. The van der Waals surface area contributed by atoms with Gasteiger partial charge in [-0.15, -0.1) is 0 Å². The molecule has 2 rings (SSSR count). The first-order valence-corrected chi connectivity index (χ1v) is 11.1. The van der Waals surface area contributed by atoms with Crippen molar-refractivity contribution in [2.45, 2.75) is 51.1 Å². The predicted octanol–water partition coefficient (Wildman–Crippen LogP) is 2.30. The summed E-state index contributed by atoms with van der Waals surface area (Å²) in [7, 11) is -0.366. The molecule has 1 N–H and O–H groups in total. The fourth-order valence-electron chi connectivity index (χ4n) is 3.32. The third kappa shape index (κ3) is 6.70. The molecule has 0 aromatic heterocycles. The molecule has 0 unspecified atom stereocenters. The summed E-state index contributed by atoms with van der Waals surface area (Å²) in [5, 5.41) is 3.03. The van der Waals surface area contributed by atoms with Crippen molar-refractivity contribution in [1.82, 2.24) is 9.62 Å². The Morgan fingerprint density at radius 1 is 1.15 bits per heavy atom. The van der Waals surface area contributed by atoms with Crippen LogP contribution < -0.4 is 14.8 Å². The first kappa shape index (κ1) is 21.5. The van der Waals surface area contributed by atoms with Crippen LogP contribution in [-0.2, 0) is 21.4 Å². The van der Waals surface area contributed by atoms with E-state index in [2.05, 4.69) is 5.32 Å². The number of rotatable bonds is 9. The summed E-state index contributed by atoms with van der Waals surface area (Å²) in [6.45, 7) is 0.321. The average Bonchev–Trinajstić information content (AvgIpc) is 2.64. The number of carbonyl (C=O) groups excluding carboxylic acids is 1. The van der Waals surface area contributed by atoms with E-state index in [1.54, 1.807) is 25.3 Å². The van der Waals surface area contributed by atoms with Crippen molar-refractivity contribution >= 4 is 15.9 Å². The van der Waals surface area contributed by atoms with Gasteiger partial charge in [0, 0.05) is 25.6 Å². The van der Waals surface area contributed by atoms with Crippen molar-refractivity contribution in [3.05, 3.63) is 23.8 Å². The Hall–Kier alpha value is -1.80. The lowest BCUT2D eigenvalue weighted by atomic mass is 9.95. The maximum absolute atomic E-state index is 12.2. The van der Waals surface area contributed by atoms with E-state index < -0.39 is 10.0 Å². The summed E-state index contributed by atoms with van der Waals surface area (Å²) < 4.78 is 36.1. The smallest absolute Gasteiger partial charge is 0.221 e. The minimum absolute atomic E-state index is 0.0946. The van der Waals surface area contributed by atoms with Gasteiger partial charge in [-0.25, -0.2) is 8.42 Å².